The molecule has 0 atom stereocenters. The number of sulfonamides is 1. The van der Waals surface area contributed by atoms with Crippen molar-refractivity contribution >= 4 is 21.7 Å². The van der Waals surface area contributed by atoms with Crippen molar-refractivity contribution in [2.45, 2.75) is 18.2 Å². The fraction of sp³-hybridized carbons (Fsp3) is 0.188. The first-order chi connectivity index (χ1) is 10.8. The predicted octanol–water partition coefficient (Wildman–Crippen LogP) is 2.43. The zero-order chi connectivity index (χ0) is 17.0. The van der Waals surface area contributed by atoms with Crippen molar-refractivity contribution in [3.63, 3.8) is 0 Å². The summed E-state index contributed by atoms with van der Waals surface area (Å²) in [7, 11) is -2.37. The minimum atomic E-state index is -3.79. The Morgan fingerprint density at radius 2 is 1.83 bits per heavy atom. The number of aryl methyl sites for hydroxylation is 1. The molecule has 23 heavy (non-hydrogen) atoms. The van der Waals surface area contributed by atoms with Gasteiger partial charge in [0.25, 0.3) is 10.0 Å². The van der Waals surface area contributed by atoms with E-state index in [1.807, 2.05) is 6.92 Å². The van der Waals surface area contributed by atoms with Crippen LogP contribution >= 0.6 is 0 Å². The number of hydrogen-bond acceptors (Lipinski definition) is 4. The molecule has 0 aliphatic carbocycles. The molecular formula is C16H17NO5S. The van der Waals surface area contributed by atoms with Crippen LogP contribution in [-0.4, -0.2) is 26.6 Å². The number of ether oxygens (including phenoxy) is 1. The zero-order valence-electron chi connectivity index (χ0n) is 12.7. The molecule has 0 aromatic heterocycles. The molecule has 0 saturated heterocycles. The number of carboxylic acids is 1. The van der Waals surface area contributed by atoms with Crippen molar-refractivity contribution in [3.05, 3.63) is 53.6 Å². The topological polar surface area (TPSA) is 92.7 Å². The molecule has 0 spiro atoms. The number of methoxy groups -OCH3 is 1. The average Bonchev–Trinajstić information content (AvgIpc) is 2.47. The van der Waals surface area contributed by atoms with Crippen LogP contribution in [0.25, 0.3) is 0 Å². The summed E-state index contributed by atoms with van der Waals surface area (Å²) in [5.74, 6) is -0.683. The van der Waals surface area contributed by atoms with Crippen LogP contribution in [0.15, 0.2) is 47.4 Å². The Hall–Kier alpha value is -2.54. The Kier molecular flexibility index (Phi) is 4.90. The summed E-state index contributed by atoms with van der Waals surface area (Å²) in [5, 5.41) is 8.85. The lowest BCUT2D eigenvalue weighted by Gasteiger charge is -2.13. The van der Waals surface area contributed by atoms with Gasteiger partial charge in [0.1, 0.15) is 5.75 Å². The van der Waals surface area contributed by atoms with Gasteiger partial charge in [-0.25, -0.2) is 8.42 Å². The molecule has 6 nitrogen and oxygen atoms in total. The first kappa shape index (κ1) is 16.8. The van der Waals surface area contributed by atoms with Crippen LogP contribution in [0.4, 0.5) is 5.69 Å². The maximum Gasteiger partial charge on any atom is 0.307 e. The molecule has 0 fully saturated rings. The highest BCUT2D eigenvalue weighted by Gasteiger charge is 2.17. The standard InChI is InChI=1S/C16H17NO5S/c1-11-3-6-13(7-4-11)23(20,21)17-14-9-12(10-16(18)19)5-8-15(14)22-2/h3-9,17H,10H2,1-2H3,(H,18,19). The number of carboxylic acid groups (broad SMARTS) is 1. The summed E-state index contributed by atoms with van der Waals surface area (Å²) in [6.45, 7) is 1.86. The van der Waals surface area contributed by atoms with Crippen molar-refractivity contribution in [1.29, 1.82) is 0 Å². The van der Waals surface area contributed by atoms with Crippen molar-refractivity contribution in [2.24, 2.45) is 0 Å². The number of benzene rings is 2. The molecule has 0 aliphatic rings. The SMILES string of the molecule is COc1ccc(CC(=O)O)cc1NS(=O)(=O)c1ccc(C)cc1. The Morgan fingerprint density at radius 3 is 2.39 bits per heavy atom. The van der Waals surface area contributed by atoms with E-state index >= 15 is 0 Å². The van der Waals surface area contributed by atoms with Gasteiger partial charge in [0.2, 0.25) is 0 Å². The smallest absolute Gasteiger partial charge is 0.307 e. The van der Waals surface area contributed by atoms with E-state index in [0.717, 1.165) is 5.56 Å². The van der Waals surface area contributed by atoms with Crippen LogP contribution in [0.1, 0.15) is 11.1 Å². The molecule has 0 saturated carbocycles. The molecule has 2 aromatic rings. The molecule has 2 aromatic carbocycles. The van der Waals surface area contributed by atoms with Crippen LogP contribution in [0.2, 0.25) is 0 Å². The molecule has 0 bridgehead atoms. The maximum atomic E-state index is 12.4. The van der Waals surface area contributed by atoms with Gasteiger partial charge in [0.05, 0.1) is 24.1 Å². The quantitative estimate of drug-likeness (QED) is 0.846. The van der Waals surface area contributed by atoms with E-state index in [2.05, 4.69) is 4.72 Å². The minimum Gasteiger partial charge on any atom is -0.495 e. The first-order valence-electron chi connectivity index (χ1n) is 6.80. The number of carbonyl (C=O) groups is 1. The van der Waals surface area contributed by atoms with Crippen molar-refractivity contribution < 1.29 is 23.1 Å². The molecular weight excluding hydrogens is 318 g/mol. The number of rotatable bonds is 6. The zero-order valence-corrected chi connectivity index (χ0v) is 13.6. The van der Waals surface area contributed by atoms with Crippen LogP contribution in [-0.2, 0) is 21.2 Å². The van der Waals surface area contributed by atoms with Crippen molar-refractivity contribution in [2.75, 3.05) is 11.8 Å². The Balaban J connectivity index is 2.37. The molecule has 0 heterocycles. The Bertz CT molecular complexity index is 813. The van der Waals surface area contributed by atoms with Crippen LogP contribution in [0, 0.1) is 6.92 Å². The van der Waals surface area contributed by atoms with E-state index < -0.39 is 16.0 Å². The average molecular weight is 335 g/mol. The molecule has 0 aliphatic heterocycles. The fourth-order valence-corrected chi connectivity index (χ4v) is 3.10. The van der Waals surface area contributed by atoms with Gasteiger partial charge in [0, 0.05) is 0 Å². The van der Waals surface area contributed by atoms with E-state index in [9.17, 15) is 13.2 Å². The van der Waals surface area contributed by atoms with Gasteiger partial charge < -0.3 is 9.84 Å². The number of hydrogen-bond donors (Lipinski definition) is 2. The summed E-state index contributed by atoms with van der Waals surface area (Å²) >= 11 is 0. The summed E-state index contributed by atoms with van der Waals surface area (Å²) in [6, 6.07) is 11.0. The van der Waals surface area contributed by atoms with Gasteiger partial charge in [-0.2, -0.15) is 0 Å². The third kappa shape index (κ3) is 4.23. The van der Waals surface area contributed by atoms with Gasteiger partial charge in [-0.05, 0) is 36.8 Å². The summed E-state index contributed by atoms with van der Waals surface area (Å²) < 4.78 is 32.4. The monoisotopic (exact) mass is 335 g/mol. The predicted molar refractivity (Wildman–Crippen MR) is 86.3 cm³/mol. The van der Waals surface area contributed by atoms with Crippen LogP contribution < -0.4 is 9.46 Å². The second-order valence-corrected chi connectivity index (χ2v) is 6.71. The van der Waals surface area contributed by atoms with Crippen LogP contribution in [0.5, 0.6) is 5.75 Å². The highest BCUT2D eigenvalue weighted by atomic mass is 32.2. The third-order valence-electron chi connectivity index (χ3n) is 3.19. The van der Waals surface area contributed by atoms with Gasteiger partial charge in [-0.15, -0.1) is 0 Å². The van der Waals surface area contributed by atoms with Gasteiger partial charge in [0.15, 0.2) is 0 Å². The van der Waals surface area contributed by atoms with E-state index in [-0.39, 0.29) is 17.0 Å². The Morgan fingerprint density at radius 1 is 1.17 bits per heavy atom. The second-order valence-electron chi connectivity index (χ2n) is 5.02. The lowest BCUT2D eigenvalue weighted by Crippen LogP contribution is -2.14. The van der Waals surface area contributed by atoms with E-state index in [4.69, 9.17) is 9.84 Å². The van der Waals surface area contributed by atoms with Gasteiger partial charge >= 0.3 is 5.97 Å². The normalized spacial score (nSPS) is 11.0. The molecule has 0 radical (unpaired) electrons. The molecule has 122 valence electrons. The number of nitrogens with one attached hydrogen (secondary N) is 1. The van der Waals surface area contributed by atoms with Crippen molar-refractivity contribution in [3.8, 4) is 5.75 Å². The molecule has 0 unspecified atom stereocenters. The maximum absolute atomic E-state index is 12.4. The van der Waals surface area contributed by atoms with E-state index in [1.165, 1.54) is 31.4 Å². The Labute approximate surface area is 134 Å². The third-order valence-corrected chi connectivity index (χ3v) is 4.58. The highest BCUT2D eigenvalue weighted by molar-refractivity contribution is 7.92. The molecule has 2 rings (SSSR count). The fourth-order valence-electron chi connectivity index (χ4n) is 2.04. The van der Waals surface area contributed by atoms with E-state index in [1.54, 1.807) is 18.2 Å². The first-order valence-corrected chi connectivity index (χ1v) is 8.28. The lowest BCUT2D eigenvalue weighted by molar-refractivity contribution is -0.136. The largest absolute Gasteiger partial charge is 0.495 e. The highest BCUT2D eigenvalue weighted by Crippen LogP contribution is 2.28. The summed E-state index contributed by atoms with van der Waals surface area (Å²) in [5.41, 5.74) is 1.62. The van der Waals surface area contributed by atoms with E-state index in [0.29, 0.717) is 11.3 Å². The number of anilines is 1. The van der Waals surface area contributed by atoms with Crippen LogP contribution in [0.3, 0.4) is 0 Å². The second kappa shape index (κ2) is 6.70. The van der Waals surface area contributed by atoms with Crippen molar-refractivity contribution in [1.82, 2.24) is 0 Å². The lowest BCUT2D eigenvalue weighted by atomic mass is 10.1. The van der Waals surface area contributed by atoms with Gasteiger partial charge in [-0.1, -0.05) is 23.8 Å². The summed E-state index contributed by atoms with van der Waals surface area (Å²) in [4.78, 5) is 10.9. The minimum absolute atomic E-state index is 0.119. The van der Waals surface area contributed by atoms with Gasteiger partial charge in [-0.3, -0.25) is 9.52 Å². The number of aliphatic carboxylic acids is 1. The molecule has 0 amide bonds. The molecule has 7 heteroatoms. The molecule has 2 N–H and O–H groups in total. The summed E-state index contributed by atoms with van der Waals surface area (Å²) in [6.07, 6.45) is -0.205.